The number of aromatic nitrogens is 1. The molecule has 112 valence electrons. The lowest BCUT2D eigenvalue weighted by atomic mass is 10.1. The van der Waals surface area contributed by atoms with E-state index in [9.17, 15) is 0 Å². The van der Waals surface area contributed by atoms with Crippen molar-refractivity contribution in [2.75, 3.05) is 12.5 Å². The van der Waals surface area contributed by atoms with E-state index in [0.717, 1.165) is 27.7 Å². The molecule has 0 bridgehead atoms. The van der Waals surface area contributed by atoms with Crippen LogP contribution in [-0.4, -0.2) is 17.8 Å². The van der Waals surface area contributed by atoms with Crippen molar-refractivity contribution in [3.63, 3.8) is 0 Å². The Kier molecular flexibility index (Phi) is 4.06. The molecule has 4 nitrogen and oxygen atoms in total. The maximum absolute atomic E-state index is 5.16. The molecule has 0 amide bonds. The van der Waals surface area contributed by atoms with Crippen LogP contribution in [0.2, 0.25) is 0 Å². The van der Waals surface area contributed by atoms with Gasteiger partial charge in [-0.25, -0.2) is 4.98 Å². The van der Waals surface area contributed by atoms with E-state index < -0.39 is 0 Å². The predicted octanol–water partition coefficient (Wildman–Crippen LogP) is 4.45. The van der Waals surface area contributed by atoms with Gasteiger partial charge in [0.1, 0.15) is 5.75 Å². The third-order valence-electron chi connectivity index (χ3n) is 3.45. The van der Waals surface area contributed by atoms with Crippen molar-refractivity contribution in [1.82, 2.24) is 4.98 Å². The van der Waals surface area contributed by atoms with Crippen molar-refractivity contribution >= 4 is 32.4 Å². The SMILES string of the molecule is COc1ccc(/C(C)=N\Nc2nc3c(C)cccc3s2)cc1. The van der Waals surface area contributed by atoms with Crippen molar-refractivity contribution in [3.8, 4) is 5.75 Å². The van der Waals surface area contributed by atoms with Gasteiger partial charge in [-0.15, -0.1) is 0 Å². The summed E-state index contributed by atoms with van der Waals surface area (Å²) in [4.78, 5) is 4.59. The molecule has 2 aromatic carbocycles. The van der Waals surface area contributed by atoms with Gasteiger partial charge in [0.05, 0.1) is 23.0 Å². The van der Waals surface area contributed by atoms with E-state index in [-0.39, 0.29) is 0 Å². The van der Waals surface area contributed by atoms with Gasteiger partial charge in [0.15, 0.2) is 0 Å². The zero-order valence-corrected chi connectivity index (χ0v) is 13.6. The number of hydrogen-bond donors (Lipinski definition) is 1. The largest absolute Gasteiger partial charge is 0.497 e. The molecule has 0 aliphatic heterocycles. The summed E-state index contributed by atoms with van der Waals surface area (Å²) < 4.78 is 6.33. The van der Waals surface area contributed by atoms with Crippen molar-refractivity contribution < 1.29 is 4.74 Å². The van der Waals surface area contributed by atoms with Crippen LogP contribution in [0.5, 0.6) is 5.75 Å². The van der Waals surface area contributed by atoms with Crippen LogP contribution in [0.1, 0.15) is 18.1 Å². The standard InChI is InChI=1S/C17H17N3OS/c1-11-5-4-6-15-16(11)18-17(22-15)20-19-12(2)13-7-9-14(21-3)10-8-13/h4-10H,1-3H3,(H,18,20)/b19-12-. The van der Waals surface area contributed by atoms with Crippen LogP contribution in [0.15, 0.2) is 47.6 Å². The summed E-state index contributed by atoms with van der Waals surface area (Å²) in [5, 5.41) is 5.22. The van der Waals surface area contributed by atoms with Crippen LogP contribution in [0, 0.1) is 6.92 Å². The first kappa shape index (κ1) is 14.5. The molecule has 0 fully saturated rings. The number of nitrogens with one attached hydrogen (secondary N) is 1. The molecule has 3 aromatic rings. The van der Waals surface area contributed by atoms with Crippen LogP contribution in [-0.2, 0) is 0 Å². The lowest BCUT2D eigenvalue weighted by Gasteiger charge is -2.03. The molecular formula is C17H17N3OS. The van der Waals surface area contributed by atoms with Crippen molar-refractivity contribution in [2.24, 2.45) is 5.10 Å². The summed E-state index contributed by atoms with van der Waals surface area (Å²) in [5.74, 6) is 0.839. The number of fused-ring (bicyclic) bond motifs is 1. The number of ether oxygens (including phenoxy) is 1. The van der Waals surface area contributed by atoms with E-state index in [2.05, 4.69) is 34.6 Å². The quantitative estimate of drug-likeness (QED) is 0.572. The van der Waals surface area contributed by atoms with Gasteiger partial charge in [0, 0.05) is 0 Å². The van der Waals surface area contributed by atoms with Crippen molar-refractivity contribution in [3.05, 3.63) is 53.6 Å². The zero-order valence-electron chi connectivity index (χ0n) is 12.8. The van der Waals surface area contributed by atoms with E-state index in [1.807, 2.05) is 37.3 Å². The fourth-order valence-corrected chi connectivity index (χ4v) is 3.05. The molecule has 3 rings (SSSR count). The number of hydrazone groups is 1. The van der Waals surface area contributed by atoms with Gasteiger partial charge < -0.3 is 4.74 Å². The molecule has 1 aromatic heterocycles. The number of benzene rings is 2. The van der Waals surface area contributed by atoms with Crippen LogP contribution in [0.25, 0.3) is 10.2 Å². The fourth-order valence-electron chi connectivity index (χ4n) is 2.16. The van der Waals surface area contributed by atoms with Gasteiger partial charge in [-0.2, -0.15) is 5.10 Å². The highest BCUT2D eigenvalue weighted by Crippen LogP contribution is 2.27. The molecule has 0 aliphatic rings. The van der Waals surface area contributed by atoms with E-state index in [1.165, 1.54) is 10.3 Å². The number of methoxy groups -OCH3 is 1. The number of aryl methyl sites for hydroxylation is 1. The highest BCUT2D eigenvalue weighted by Gasteiger charge is 2.05. The summed E-state index contributed by atoms with van der Waals surface area (Å²) >= 11 is 1.61. The molecule has 0 unspecified atom stereocenters. The molecule has 1 N–H and O–H groups in total. The van der Waals surface area contributed by atoms with Gasteiger partial charge in [-0.05, 0) is 55.3 Å². The first-order chi connectivity index (χ1) is 10.7. The minimum atomic E-state index is 0.803. The topological polar surface area (TPSA) is 46.5 Å². The molecule has 5 heteroatoms. The molecule has 0 atom stereocenters. The van der Waals surface area contributed by atoms with Gasteiger partial charge in [-0.1, -0.05) is 23.5 Å². The molecule has 0 spiro atoms. The molecule has 1 heterocycles. The normalized spacial score (nSPS) is 11.7. The molecule has 0 saturated carbocycles. The van der Waals surface area contributed by atoms with E-state index in [0.29, 0.717) is 0 Å². The first-order valence-corrected chi connectivity index (χ1v) is 7.80. The Morgan fingerprint density at radius 3 is 2.64 bits per heavy atom. The molecule has 0 saturated heterocycles. The summed E-state index contributed by atoms with van der Waals surface area (Å²) in [7, 11) is 1.66. The highest BCUT2D eigenvalue weighted by atomic mass is 32.1. The Bertz CT molecular complexity index is 822. The van der Waals surface area contributed by atoms with Gasteiger partial charge in [0.2, 0.25) is 5.13 Å². The van der Waals surface area contributed by atoms with Crippen molar-refractivity contribution in [2.45, 2.75) is 13.8 Å². The molecular weight excluding hydrogens is 294 g/mol. The summed E-state index contributed by atoms with van der Waals surface area (Å²) in [6.45, 7) is 4.03. The van der Waals surface area contributed by atoms with Crippen LogP contribution >= 0.6 is 11.3 Å². The maximum atomic E-state index is 5.16. The van der Waals surface area contributed by atoms with E-state index in [4.69, 9.17) is 4.74 Å². The Labute approximate surface area is 133 Å². The van der Waals surface area contributed by atoms with E-state index in [1.54, 1.807) is 18.4 Å². The number of hydrogen-bond acceptors (Lipinski definition) is 5. The molecule has 22 heavy (non-hydrogen) atoms. The fraction of sp³-hybridized carbons (Fsp3) is 0.176. The first-order valence-electron chi connectivity index (χ1n) is 6.98. The Balaban J connectivity index is 1.80. The minimum Gasteiger partial charge on any atom is -0.497 e. The molecule has 0 aliphatic carbocycles. The van der Waals surface area contributed by atoms with Gasteiger partial charge in [0.25, 0.3) is 0 Å². The second-order valence-electron chi connectivity index (χ2n) is 4.98. The summed E-state index contributed by atoms with van der Waals surface area (Å²) in [6.07, 6.45) is 0. The number of nitrogens with zero attached hydrogens (tertiary/aromatic N) is 2. The van der Waals surface area contributed by atoms with Crippen LogP contribution in [0.3, 0.4) is 0 Å². The van der Waals surface area contributed by atoms with E-state index >= 15 is 0 Å². The second-order valence-corrected chi connectivity index (χ2v) is 6.01. The van der Waals surface area contributed by atoms with Crippen molar-refractivity contribution in [1.29, 1.82) is 0 Å². The average molecular weight is 311 g/mol. The Morgan fingerprint density at radius 1 is 1.18 bits per heavy atom. The lowest BCUT2D eigenvalue weighted by Crippen LogP contribution is -1.99. The Morgan fingerprint density at radius 2 is 1.95 bits per heavy atom. The highest BCUT2D eigenvalue weighted by molar-refractivity contribution is 7.22. The van der Waals surface area contributed by atoms with Crippen LogP contribution in [0.4, 0.5) is 5.13 Å². The minimum absolute atomic E-state index is 0.803. The number of anilines is 1. The monoisotopic (exact) mass is 311 g/mol. The zero-order chi connectivity index (χ0) is 15.5. The maximum Gasteiger partial charge on any atom is 0.204 e. The summed E-state index contributed by atoms with van der Waals surface area (Å²) in [5.41, 5.74) is 7.21. The molecule has 0 radical (unpaired) electrons. The average Bonchev–Trinajstić information content (AvgIpc) is 2.97. The third kappa shape index (κ3) is 2.94. The smallest absolute Gasteiger partial charge is 0.204 e. The Hall–Kier alpha value is -2.40. The lowest BCUT2D eigenvalue weighted by molar-refractivity contribution is 0.415. The number of para-hydroxylation sites is 1. The third-order valence-corrected chi connectivity index (χ3v) is 4.37. The summed E-state index contributed by atoms with van der Waals surface area (Å²) in [6, 6.07) is 14.0. The van der Waals surface area contributed by atoms with Gasteiger partial charge >= 0.3 is 0 Å². The second kappa shape index (κ2) is 6.15. The number of thiazole rings is 1. The predicted molar refractivity (Wildman–Crippen MR) is 93.2 cm³/mol. The number of rotatable bonds is 4. The van der Waals surface area contributed by atoms with Gasteiger partial charge in [-0.3, -0.25) is 5.43 Å². The van der Waals surface area contributed by atoms with Crippen LogP contribution < -0.4 is 10.2 Å².